The summed E-state index contributed by atoms with van der Waals surface area (Å²) in [5.74, 6) is -1.69. The first-order valence-corrected chi connectivity index (χ1v) is 5.52. The normalized spacial score (nSPS) is 12.2. The predicted octanol–water partition coefficient (Wildman–Crippen LogP) is 2.04. The van der Waals surface area contributed by atoms with Crippen molar-refractivity contribution in [2.24, 2.45) is 0 Å². The molecule has 15 heavy (non-hydrogen) atoms. The van der Waals surface area contributed by atoms with E-state index in [9.17, 15) is 14.3 Å². The zero-order chi connectivity index (χ0) is 11.4. The number of halogens is 2. The van der Waals surface area contributed by atoms with Crippen molar-refractivity contribution in [1.29, 1.82) is 0 Å². The van der Waals surface area contributed by atoms with E-state index in [0.717, 1.165) is 6.07 Å². The predicted molar refractivity (Wildman–Crippen MR) is 58.8 cm³/mol. The van der Waals surface area contributed by atoms with Gasteiger partial charge in [0.1, 0.15) is 17.1 Å². The molecule has 1 aromatic carbocycles. The highest BCUT2D eigenvalue weighted by molar-refractivity contribution is 9.09. The number of hydrogen-bond acceptors (Lipinski definition) is 2. The monoisotopic (exact) mass is 275 g/mol. The van der Waals surface area contributed by atoms with Gasteiger partial charge in [-0.2, -0.15) is 0 Å². The molecule has 1 unspecified atom stereocenters. The summed E-state index contributed by atoms with van der Waals surface area (Å²) in [4.78, 5) is 11.5. The van der Waals surface area contributed by atoms with Gasteiger partial charge < -0.3 is 10.4 Å². The molecule has 0 aliphatic heterocycles. The summed E-state index contributed by atoms with van der Waals surface area (Å²) in [6, 6.07) is 3.62. The minimum atomic E-state index is -0.728. The maximum absolute atomic E-state index is 13.2. The van der Waals surface area contributed by atoms with Gasteiger partial charge in [-0.05, 0) is 19.1 Å². The quantitative estimate of drug-likeness (QED) is 0.830. The zero-order valence-corrected chi connectivity index (χ0v) is 9.71. The molecule has 0 bridgehead atoms. The van der Waals surface area contributed by atoms with E-state index in [-0.39, 0.29) is 17.4 Å². The van der Waals surface area contributed by atoms with Gasteiger partial charge >= 0.3 is 0 Å². The van der Waals surface area contributed by atoms with Crippen molar-refractivity contribution in [3.63, 3.8) is 0 Å². The van der Waals surface area contributed by atoms with Gasteiger partial charge in [0.2, 0.25) is 0 Å². The molecule has 82 valence electrons. The minimum absolute atomic E-state index is 0.128. The summed E-state index contributed by atoms with van der Waals surface area (Å²) >= 11 is 3.18. The number of nitrogens with one attached hydrogen (secondary N) is 1. The molecule has 0 radical (unpaired) electrons. The van der Waals surface area contributed by atoms with Crippen molar-refractivity contribution >= 4 is 21.8 Å². The lowest BCUT2D eigenvalue weighted by Gasteiger charge is -2.11. The van der Waals surface area contributed by atoms with E-state index in [1.165, 1.54) is 12.1 Å². The molecular formula is C10H11BrFNO2. The highest BCUT2D eigenvalue weighted by Gasteiger charge is 2.17. The molecule has 2 N–H and O–H groups in total. The van der Waals surface area contributed by atoms with E-state index in [2.05, 4.69) is 21.2 Å². The minimum Gasteiger partial charge on any atom is -0.507 e. The Morgan fingerprint density at radius 3 is 2.87 bits per heavy atom. The van der Waals surface area contributed by atoms with Gasteiger partial charge in [0, 0.05) is 11.4 Å². The van der Waals surface area contributed by atoms with Crippen molar-refractivity contribution < 1.29 is 14.3 Å². The van der Waals surface area contributed by atoms with Crippen molar-refractivity contribution in [2.45, 2.75) is 13.0 Å². The maximum atomic E-state index is 13.2. The Balaban J connectivity index is 2.91. The highest BCUT2D eigenvalue weighted by atomic mass is 79.9. The lowest BCUT2D eigenvalue weighted by molar-refractivity contribution is 0.0937. The third-order valence-electron chi connectivity index (χ3n) is 1.83. The molecule has 5 heteroatoms. The second-order valence-corrected chi connectivity index (χ2v) is 3.81. The Morgan fingerprint density at radius 2 is 2.33 bits per heavy atom. The number of phenols is 1. The molecular weight excluding hydrogens is 265 g/mol. The molecule has 0 fully saturated rings. The average Bonchev–Trinajstić information content (AvgIpc) is 2.17. The molecule has 0 saturated heterocycles. The number of carbonyl (C=O) groups excluding carboxylic acids is 1. The first kappa shape index (κ1) is 12.0. The van der Waals surface area contributed by atoms with Crippen molar-refractivity contribution in [3.8, 4) is 5.75 Å². The molecule has 1 atom stereocenters. The van der Waals surface area contributed by atoms with E-state index in [0.29, 0.717) is 5.33 Å². The average molecular weight is 276 g/mol. The van der Waals surface area contributed by atoms with Crippen LogP contribution in [0.1, 0.15) is 17.3 Å². The second-order valence-electron chi connectivity index (χ2n) is 3.16. The van der Waals surface area contributed by atoms with Crippen LogP contribution in [0.5, 0.6) is 5.75 Å². The smallest absolute Gasteiger partial charge is 0.258 e. The first-order chi connectivity index (χ1) is 7.06. The van der Waals surface area contributed by atoms with E-state index >= 15 is 0 Å². The van der Waals surface area contributed by atoms with Gasteiger partial charge in [0.15, 0.2) is 0 Å². The Hall–Kier alpha value is -1.10. The third kappa shape index (κ3) is 2.92. The first-order valence-electron chi connectivity index (χ1n) is 4.40. The number of phenolic OH excluding ortho intramolecular Hbond substituents is 1. The van der Waals surface area contributed by atoms with Crippen LogP contribution in [0.3, 0.4) is 0 Å². The SMILES string of the molecule is CC(CBr)NC(=O)c1c(O)cccc1F. The fraction of sp³-hybridized carbons (Fsp3) is 0.300. The second kappa shape index (κ2) is 5.11. The molecule has 0 aromatic heterocycles. The van der Waals surface area contributed by atoms with Crippen LogP contribution in [0.25, 0.3) is 0 Å². The van der Waals surface area contributed by atoms with E-state index in [1.54, 1.807) is 6.92 Å². The summed E-state index contributed by atoms with van der Waals surface area (Å²) in [7, 11) is 0. The van der Waals surface area contributed by atoms with Gasteiger partial charge in [-0.15, -0.1) is 0 Å². The Labute approximate surface area is 95.4 Å². The van der Waals surface area contributed by atoms with Crippen LogP contribution in [-0.2, 0) is 0 Å². The number of carbonyl (C=O) groups is 1. The largest absolute Gasteiger partial charge is 0.507 e. The van der Waals surface area contributed by atoms with E-state index in [4.69, 9.17) is 0 Å². The van der Waals surface area contributed by atoms with Crippen LogP contribution in [0, 0.1) is 5.82 Å². The molecule has 1 aromatic rings. The number of benzene rings is 1. The van der Waals surface area contributed by atoms with Crippen molar-refractivity contribution in [2.75, 3.05) is 5.33 Å². The lowest BCUT2D eigenvalue weighted by atomic mass is 10.1. The van der Waals surface area contributed by atoms with Crippen molar-refractivity contribution in [3.05, 3.63) is 29.6 Å². The maximum Gasteiger partial charge on any atom is 0.258 e. The molecule has 0 aliphatic carbocycles. The van der Waals surface area contributed by atoms with Gasteiger partial charge in [-0.3, -0.25) is 4.79 Å². The van der Waals surface area contributed by atoms with E-state index in [1.807, 2.05) is 0 Å². The third-order valence-corrected chi connectivity index (χ3v) is 2.80. The fourth-order valence-electron chi connectivity index (χ4n) is 1.07. The topological polar surface area (TPSA) is 49.3 Å². The number of rotatable bonds is 3. The molecule has 1 amide bonds. The van der Waals surface area contributed by atoms with Gasteiger partial charge in [0.05, 0.1) is 0 Å². The molecule has 0 aliphatic rings. The number of alkyl halides is 1. The summed E-state index contributed by atoms with van der Waals surface area (Å²) in [6.07, 6.45) is 0. The summed E-state index contributed by atoms with van der Waals surface area (Å²) in [5, 5.41) is 12.4. The number of aromatic hydroxyl groups is 1. The fourth-order valence-corrected chi connectivity index (χ4v) is 1.23. The van der Waals surface area contributed by atoms with Crippen LogP contribution in [0.15, 0.2) is 18.2 Å². The Bertz CT molecular complexity index is 350. The van der Waals surface area contributed by atoms with Crippen LogP contribution < -0.4 is 5.32 Å². The van der Waals surface area contributed by atoms with Gasteiger partial charge in [-0.1, -0.05) is 22.0 Å². The Kier molecular flexibility index (Phi) is 4.08. The van der Waals surface area contributed by atoms with E-state index < -0.39 is 11.7 Å². The summed E-state index contributed by atoms with van der Waals surface area (Å²) < 4.78 is 13.2. The molecule has 0 saturated carbocycles. The van der Waals surface area contributed by atoms with Crippen molar-refractivity contribution in [1.82, 2.24) is 5.32 Å². The Morgan fingerprint density at radius 1 is 1.67 bits per heavy atom. The van der Waals surface area contributed by atoms with Crippen LogP contribution in [0.4, 0.5) is 4.39 Å². The standard InChI is InChI=1S/C10H11BrFNO2/c1-6(5-11)13-10(15)9-7(12)3-2-4-8(9)14/h2-4,6,14H,5H2,1H3,(H,13,15). The molecule has 3 nitrogen and oxygen atoms in total. The van der Waals surface area contributed by atoms with Gasteiger partial charge in [0.25, 0.3) is 5.91 Å². The number of amides is 1. The summed E-state index contributed by atoms with van der Waals surface area (Å²) in [6.45, 7) is 1.77. The molecule has 0 spiro atoms. The molecule has 0 heterocycles. The highest BCUT2D eigenvalue weighted by Crippen LogP contribution is 2.19. The van der Waals surface area contributed by atoms with Crippen LogP contribution in [-0.4, -0.2) is 22.4 Å². The number of hydrogen-bond donors (Lipinski definition) is 2. The zero-order valence-electron chi connectivity index (χ0n) is 8.13. The lowest BCUT2D eigenvalue weighted by Crippen LogP contribution is -2.34. The van der Waals surface area contributed by atoms with Crippen LogP contribution in [0.2, 0.25) is 0 Å². The summed E-state index contributed by atoms with van der Waals surface area (Å²) in [5.41, 5.74) is -0.315. The van der Waals surface area contributed by atoms with Crippen LogP contribution >= 0.6 is 15.9 Å². The molecule has 1 rings (SSSR count). The van der Waals surface area contributed by atoms with Gasteiger partial charge in [-0.25, -0.2) is 4.39 Å².